The molecule has 0 nitrogen and oxygen atoms in total. The molecule has 1 aliphatic rings. The summed E-state index contributed by atoms with van der Waals surface area (Å²) in [4.78, 5) is 0. The molecule has 32 heavy (non-hydrogen) atoms. The minimum Gasteiger partial charge on any atom is -0.161 e. The van der Waals surface area contributed by atoms with Crippen LogP contribution in [0.5, 0.6) is 0 Å². The highest BCUT2D eigenvalue weighted by molar-refractivity contribution is 8.09. The maximum atomic E-state index is 2.51. The van der Waals surface area contributed by atoms with Crippen LogP contribution < -0.4 is 0 Å². The highest BCUT2D eigenvalue weighted by Gasteiger charge is 2.30. The summed E-state index contributed by atoms with van der Waals surface area (Å²) in [6, 6.07) is 0. The van der Waals surface area contributed by atoms with E-state index in [0.29, 0.717) is 0 Å². The lowest BCUT2D eigenvalue weighted by Gasteiger charge is -2.33. The summed E-state index contributed by atoms with van der Waals surface area (Å²) in [5.41, 5.74) is 0. The molecule has 0 amide bonds. The molecule has 0 unspecified atom stereocenters. The second kappa shape index (κ2) is 21.8. The van der Waals surface area contributed by atoms with Gasteiger partial charge in [0.25, 0.3) is 0 Å². The minimum absolute atomic E-state index is 0.766. The van der Waals surface area contributed by atoms with Gasteiger partial charge in [0.1, 0.15) is 0 Å². The molecule has 1 rings (SSSR count). The molecule has 1 aliphatic heterocycles. The second-order valence-corrected chi connectivity index (χ2v) is 18.9. The van der Waals surface area contributed by atoms with Crippen molar-refractivity contribution in [2.24, 2.45) is 0 Å². The fourth-order valence-electron chi connectivity index (χ4n) is 3.81. The number of hydrogen-bond donors (Lipinski definition) is 0. The van der Waals surface area contributed by atoms with Gasteiger partial charge in [-0.1, -0.05) is 41.5 Å². The highest BCUT2D eigenvalue weighted by atomic mass is 32.2. The van der Waals surface area contributed by atoms with E-state index in [-0.39, 0.29) is 0 Å². The Morgan fingerprint density at radius 1 is 0.594 bits per heavy atom. The van der Waals surface area contributed by atoms with E-state index in [2.05, 4.69) is 136 Å². The van der Waals surface area contributed by atoms with Gasteiger partial charge in [-0.3, -0.25) is 0 Å². The normalized spacial score (nSPS) is 27.9. The summed E-state index contributed by atoms with van der Waals surface area (Å²) in [6.45, 7) is 14.4. The predicted octanol–water partition coefficient (Wildman–Crippen LogP) is 8.98. The van der Waals surface area contributed by atoms with Gasteiger partial charge in [0, 0.05) is 77.5 Å². The molecule has 0 radical (unpaired) electrons. The first-order valence-corrected chi connectivity index (χ1v) is 21.0. The molecule has 0 aliphatic carbocycles. The first-order chi connectivity index (χ1) is 15.6. The molecule has 1 saturated heterocycles. The highest BCUT2D eigenvalue weighted by Crippen LogP contribution is 2.39. The number of hydrogen-bond acceptors (Lipinski definition) is 8. The fraction of sp³-hybridized carbons (Fsp3) is 1.00. The maximum absolute atomic E-state index is 2.51. The first-order valence-electron chi connectivity index (χ1n) is 12.4. The lowest BCUT2D eigenvalue weighted by molar-refractivity contribution is 0.745. The van der Waals surface area contributed by atoms with Crippen LogP contribution in [0.3, 0.4) is 0 Å². The first kappa shape index (κ1) is 32.8. The molecule has 192 valence electrons. The Balaban J connectivity index is 2.70. The third kappa shape index (κ3) is 13.9. The standard InChI is InChI=1S/C24H48S8/c1-7-21(29-13-11-25-9-3)23-19(5)27-15-16-28-20(6)24(32-18-17-31-23)22(8-2)30-14-12-26-10-4/h19-24H,7-18H2,1-6H3/t19-,20-,21-,22+,23+,24+/m0/s1. The topological polar surface area (TPSA) is 0 Å². The summed E-state index contributed by atoms with van der Waals surface area (Å²) in [5.74, 6) is 13.1. The van der Waals surface area contributed by atoms with Gasteiger partial charge in [0.2, 0.25) is 0 Å². The second-order valence-electron chi connectivity index (χ2n) is 7.85. The Bertz CT molecular complexity index is 387. The van der Waals surface area contributed by atoms with E-state index in [1.54, 1.807) is 0 Å². The van der Waals surface area contributed by atoms with Crippen LogP contribution in [0.15, 0.2) is 0 Å². The van der Waals surface area contributed by atoms with Gasteiger partial charge in [-0.25, -0.2) is 0 Å². The Kier molecular flexibility index (Phi) is 22.4. The molecule has 0 aromatic heterocycles. The predicted molar refractivity (Wildman–Crippen MR) is 175 cm³/mol. The van der Waals surface area contributed by atoms with E-state index < -0.39 is 0 Å². The summed E-state index contributed by atoms with van der Waals surface area (Å²) >= 11 is 17.8. The average molecular weight is 593 g/mol. The van der Waals surface area contributed by atoms with Gasteiger partial charge < -0.3 is 0 Å². The summed E-state index contributed by atoms with van der Waals surface area (Å²) in [7, 11) is 0. The van der Waals surface area contributed by atoms with Crippen LogP contribution in [-0.2, 0) is 0 Å². The van der Waals surface area contributed by atoms with E-state index in [1.807, 2.05) is 0 Å². The van der Waals surface area contributed by atoms with Crippen LogP contribution in [0.4, 0.5) is 0 Å². The van der Waals surface area contributed by atoms with Crippen molar-refractivity contribution < 1.29 is 0 Å². The van der Waals surface area contributed by atoms with Crippen molar-refractivity contribution in [3.63, 3.8) is 0 Å². The largest absolute Gasteiger partial charge is 0.161 e. The van der Waals surface area contributed by atoms with Crippen LogP contribution >= 0.6 is 94.1 Å². The smallest absolute Gasteiger partial charge is 0.0282 e. The van der Waals surface area contributed by atoms with E-state index in [0.717, 1.165) is 31.5 Å². The summed E-state index contributed by atoms with van der Waals surface area (Å²) in [5, 5.41) is 4.75. The maximum Gasteiger partial charge on any atom is 0.0282 e. The number of thioether (sulfide) groups is 8. The van der Waals surface area contributed by atoms with Gasteiger partial charge in [0.15, 0.2) is 0 Å². The van der Waals surface area contributed by atoms with Crippen molar-refractivity contribution in [3.8, 4) is 0 Å². The molecule has 0 aromatic carbocycles. The Labute approximate surface area is 235 Å². The molecule has 0 saturated carbocycles. The van der Waals surface area contributed by atoms with Crippen molar-refractivity contribution in [1.82, 2.24) is 0 Å². The minimum atomic E-state index is 0.766. The van der Waals surface area contributed by atoms with Gasteiger partial charge in [-0.05, 0) is 24.3 Å². The average Bonchev–Trinajstić information content (AvgIpc) is 2.79. The van der Waals surface area contributed by atoms with Crippen LogP contribution in [0.25, 0.3) is 0 Å². The third-order valence-electron chi connectivity index (χ3n) is 5.54. The lowest BCUT2D eigenvalue weighted by Crippen LogP contribution is -2.32. The summed E-state index contributed by atoms with van der Waals surface area (Å²) < 4.78 is 0. The van der Waals surface area contributed by atoms with Gasteiger partial charge >= 0.3 is 0 Å². The zero-order valence-corrected chi connectivity index (χ0v) is 27.7. The summed E-state index contributed by atoms with van der Waals surface area (Å²) in [6.07, 6.45) is 2.63. The molecular weight excluding hydrogens is 545 g/mol. The molecule has 8 heteroatoms. The van der Waals surface area contributed by atoms with Crippen LogP contribution in [0, 0.1) is 0 Å². The molecule has 6 atom stereocenters. The molecule has 0 spiro atoms. The number of rotatable bonds is 14. The van der Waals surface area contributed by atoms with Gasteiger partial charge in [-0.15, -0.1) is 0 Å². The zero-order chi connectivity index (χ0) is 23.6. The molecule has 0 aromatic rings. The lowest BCUT2D eigenvalue weighted by atomic mass is 10.2. The molecule has 0 N–H and O–H groups in total. The van der Waals surface area contributed by atoms with Crippen molar-refractivity contribution >= 4 is 94.1 Å². The van der Waals surface area contributed by atoms with Crippen LogP contribution in [-0.4, -0.2) is 89.0 Å². The van der Waals surface area contributed by atoms with Crippen molar-refractivity contribution in [2.75, 3.05) is 57.5 Å². The monoisotopic (exact) mass is 592 g/mol. The van der Waals surface area contributed by atoms with Crippen LogP contribution in [0.2, 0.25) is 0 Å². The Morgan fingerprint density at radius 2 is 0.969 bits per heavy atom. The van der Waals surface area contributed by atoms with Crippen molar-refractivity contribution in [1.29, 1.82) is 0 Å². The fourth-order valence-corrected chi connectivity index (χ4v) is 15.1. The van der Waals surface area contributed by atoms with Crippen molar-refractivity contribution in [3.05, 3.63) is 0 Å². The third-order valence-corrected chi connectivity index (χ3v) is 17.7. The van der Waals surface area contributed by atoms with Gasteiger partial charge in [-0.2, -0.15) is 94.1 Å². The molecule has 1 heterocycles. The zero-order valence-electron chi connectivity index (χ0n) is 21.2. The molecule has 1 fully saturated rings. The van der Waals surface area contributed by atoms with E-state index >= 15 is 0 Å². The van der Waals surface area contributed by atoms with Crippen molar-refractivity contribution in [2.45, 2.75) is 85.9 Å². The van der Waals surface area contributed by atoms with Gasteiger partial charge in [0.05, 0.1) is 0 Å². The Hall–Kier alpha value is 2.80. The van der Waals surface area contributed by atoms with Crippen LogP contribution in [0.1, 0.15) is 54.4 Å². The van der Waals surface area contributed by atoms with E-state index in [1.165, 1.54) is 70.4 Å². The Morgan fingerprint density at radius 3 is 1.31 bits per heavy atom. The quantitative estimate of drug-likeness (QED) is 0.181. The van der Waals surface area contributed by atoms with E-state index in [4.69, 9.17) is 0 Å². The molecular formula is C24H48S8. The van der Waals surface area contributed by atoms with E-state index in [9.17, 15) is 0 Å². The molecule has 0 bridgehead atoms. The SMILES string of the molecule is CCSCCS[C@@H](CC)[C@@H]1SCCS[C@@H]([C@@H](CC)SCCSCC)[C@H](C)SCCS[C@H]1C.